The lowest BCUT2D eigenvalue weighted by atomic mass is 9.84. The van der Waals surface area contributed by atoms with Gasteiger partial charge in [0.05, 0.1) is 17.2 Å². The number of carbonyl (C=O) groups excluding carboxylic acids is 1. The number of likely N-dealkylation sites (tertiary alicyclic amines) is 1. The van der Waals surface area contributed by atoms with E-state index in [2.05, 4.69) is 6.07 Å². The van der Waals surface area contributed by atoms with Crippen LogP contribution in [0.3, 0.4) is 0 Å². The predicted molar refractivity (Wildman–Crippen MR) is 93.4 cm³/mol. The molecule has 24 heavy (non-hydrogen) atoms. The Labute approximate surface area is 144 Å². The Morgan fingerprint density at radius 2 is 1.71 bits per heavy atom. The van der Waals surface area contributed by atoms with Crippen LogP contribution in [0.2, 0.25) is 0 Å². The van der Waals surface area contributed by atoms with Gasteiger partial charge in [-0.25, -0.2) is 4.79 Å². The van der Waals surface area contributed by atoms with Crippen molar-refractivity contribution < 1.29 is 14.6 Å². The van der Waals surface area contributed by atoms with Gasteiger partial charge in [-0.2, -0.15) is 5.26 Å². The molecule has 0 spiro atoms. The standard InChI is InChI=1S/C17H22N2O3.C2H6/c1-16(2,3)22-15(20)19-10-8-17(21,9-11-19)14-6-4-13(12-18)5-7-14;1-2/h4-7,21H,8-11H2,1-3H3;1-2H3. The maximum atomic E-state index is 12.0. The molecule has 132 valence electrons. The monoisotopic (exact) mass is 332 g/mol. The van der Waals surface area contributed by atoms with Gasteiger partial charge in [0.1, 0.15) is 5.60 Å². The summed E-state index contributed by atoms with van der Waals surface area (Å²) in [6.45, 7) is 10.4. The number of carbonyl (C=O) groups is 1. The van der Waals surface area contributed by atoms with E-state index >= 15 is 0 Å². The van der Waals surface area contributed by atoms with Gasteiger partial charge in [0.15, 0.2) is 0 Å². The summed E-state index contributed by atoms with van der Waals surface area (Å²) in [6.07, 6.45) is 0.574. The van der Waals surface area contributed by atoms with Crippen molar-refractivity contribution in [3.8, 4) is 6.07 Å². The lowest BCUT2D eigenvalue weighted by molar-refractivity contribution is -0.0356. The highest BCUT2D eigenvalue weighted by atomic mass is 16.6. The number of aliphatic hydroxyl groups is 1. The van der Waals surface area contributed by atoms with E-state index in [0.717, 1.165) is 5.56 Å². The highest BCUT2D eigenvalue weighted by Gasteiger charge is 2.36. The SMILES string of the molecule is CC.CC(C)(C)OC(=O)N1CCC(O)(c2ccc(C#N)cc2)CC1. The summed E-state index contributed by atoms with van der Waals surface area (Å²) >= 11 is 0. The van der Waals surface area contributed by atoms with Crippen LogP contribution in [0.4, 0.5) is 4.79 Å². The van der Waals surface area contributed by atoms with Crippen molar-refractivity contribution in [3.05, 3.63) is 35.4 Å². The molecule has 1 saturated heterocycles. The van der Waals surface area contributed by atoms with Gasteiger partial charge in [-0.3, -0.25) is 0 Å². The Morgan fingerprint density at radius 3 is 2.12 bits per heavy atom. The molecule has 1 aliphatic heterocycles. The molecule has 0 unspecified atom stereocenters. The molecule has 5 heteroatoms. The quantitative estimate of drug-likeness (QED) is 0.849. The van der Waals surface area contributed by atoms with Crippen molar-refractivity contribution in [2.75, 3.05) is 13.1 Å². The smallest absolute Gasteiger partial charge is 0.410 e. The van der Waals surface area contributed by atoms with E-state index in [9.17, 15) is 9.90 Å². The summed E-state index contributed by atoms with van der Waals surface area (Å²) in [5.41, 5.74) is -0.112. The van der Waals surface area contributed by atoms with E-state index in [1.165, 1.54) is 0 Å². The molecule has 0 radical (unpaired) electrons. The van der Waals surface area contributed by atoms with E-state index in [-0.39, 0.29) is 6.09 Å². The van der Waals surface area contributed by atoms with Crippen LogP contribution in [0.5, 0.6) is 0 Å². The van der Waals surface area contributed by atoms with Gasteiger partial charge >= 0.3 is 6.09 Å². The van der Waals surface area contributed by atoms with Crippen LogP contribution in [0.25, 0.3) is 0 Å². The zero-order valence-electron chi connectivity index (χ0n) is 15.3. The van der Waals surface area contributed by atoms with Crippen LogP contribution >= 0.6 is 0 Å². The number of hydrogen-bond acceptors (Lipinski definition) is 4. The second kappa shape index (κ2) is 8.16. The molecule has 1 amide bonds. The fourth-order valence-electron chi connectivity index (χ4n) is 2.53. The average molecular weight is 332 g/mol. The minimum atomic E-state index is -0.952. The van der Waals surface area contributed by atoms with E-state index < -0.39 is 11.2 Å². The Hall–Kier alpha value is -2.06. The largest absolute Gasteiger partial charge is 0.444 e. The van der Waals surface area contributed by atoms with Gasteiger partial charge in [-0.1, -0.05) is 26.0 Å². The second-order valence-electron chi connectivity index (χ2n) is 6.69. The number of piperidine rings is 1. The summed E-state index contributed by atoms with van der Waals surface area (Å²) in [5.74, 6) is 0. The molecular weight excluding hydrogens is 304 g/mol. The highest BCUT2D eigenvalue weighted by Crippen LogP contribution is 2.33. The van der Waals surface area contributed by atoms with Crippen LogP contribution < -0.4 is 0 Å². The molecule has 1 aliphatic rings. The lowest BCUT2D eigenvalue weighted by Crippen LogP contribution is -2.46. The van der Waals surface area contributed by atoms with E-state index in [1.807, 2.05) is 34.6 Å². The van der Waals surface area contributed by atoms with Crippen molar-refractivity contribution in [1.82, 2.24) is 4.90 Å². The number of rotatable bonds is 1. The molecule has 0 bridgehead atoms. The van der Waals surface area contributed by atoms with Crippen LogP contribution in [0, 0.1) is 11.3 Å². The summed E-state index contributed by atoms with van der Waals surface area (Å²) in [5, 5.41) is 19.6. The lowest BCUT2D eigenvalue weighted by Gasteiger charge is -2.38. The van der Waals surface area contributed by atoms with Crippen LogP contribution in [-0.4, -0.2) is 34.8 Å². The molecule has 1 aromatic rings. The molecule has 0 aromatic heterocycles. The maximum Gasteiger partial charge on any atom is 0.410 e. The molecule has 1 heterocycles. The zero-order valence-corrected chi connectivity index (χ0v) is 15.3. The van der Waals surface area contributed by atoms with Gasteiger partial charge in [-0.15, -0.1) is 0 Å². The first-order chi connectivity index (χ1) is 11.2. The topological polar surface area (TPSA) is 73.6 Å². The molecule has 5 nitrogen and oxygen atoms in total. The molecule has 0 atom stereocenters. The Kier molecular flexibility index (Phi) is 6.80. The Bertz CT molecular complexity index is 574. The van der Waals surface area contributed by atoms with Gasteiger partial charge in [-0.05, 0) is 51.3 Å². The average Bonchev–Trinajstić information content (AvgIpc) is 2.56. The minimum absolute atomic E-state index is 0.339. The fourth-order valence-corrected chi connectivity index (χ4v) is 2.53. The fraction of sp³-hybridized carbons (Fsp3) is 0.579. The van der Waals surface area contributed by atoms with Gasteiger partial charge in [0.2, 0.25) is 0 Å². The summed E-state index contributed by atoms with van der Waals surface area (Å²) in [7, 11) is 0. The molecule has 1 fully saturated rings. The third-order valence-electron chi connectivity index (χ3n) is 3.79. The maximum absolute atomic E-state index is 12.0. The molecule has 0 saturated carbocycles. The predicted octanol–water partition coefficient (Wildman–Crippen LogP) is 3.80. The first-order valence-corrected chi connectivity index (χ1v) is 8.44. The van der Waals surface area contributed by atoms with Gasteiger partial charge in [0.25, 0.3) is 0 Å². The van der Waals surface area contributed by atoms with Crippen molar-refractivity contribution in [3.63, 3.8) is 0 Å². The highest BCUT2D eigenvalue weighted by molar-refractivity contribution is 5.68. The first-order valence-electron chi connectivity index (χ1n) is 8.44. The van der Waals surface area contributed by atoms with Crippen LogP contribution in [0.15, 0.2) is 24.3 Å². The summed E-state index contributed by atoms with van der Waals surface area (Å²) in [6, 6.07) is 9.03. The molecule has 2 rings (SSSR count). The molecule has 1 N–H and O–H groups in total. The number of hydrogen-bond donors (Lipinski definition) is 1. The third-order valence-corrected chi connectivity index (χ3v) is 3.79. The summed E-state index contributed by atoms with van der Waals surface area (Å²) in [4.78, 5) is 13.7. The second-order valence-corrected chi connectivity index (χ2v) is 6.69. The van der Waals surface area contributed by atoms with Crippen LogP contribution in [0.1, 0.15) is 58.6 Å². The zero-order chi connectivity index (χ0) is 18.4. The normalized spacial score (nSPS) is 16.5. The summed E-state index contributed by atoms with van der Waals surface area (Å²) < 4.78 is 5.35. The number of amides is 1. The first kappa shape index (κ1) is 20.0. The Morgan fingerprint density at radius 1 is 1.21 bits per heavy atom. The van der Waals surface area contributed by atoms with Crippen molar-refractivity contribution in [2.24, 2.45) is 0 Å². The molecule has 0 aliphatic carbocycles. The third kappa shape index (κ3) is 5.24. The van der Waals surface area contributed by atoms with E-state index in [0.29, 0.717) is 31.5 Å². The van der Waals surface area contributed by atoms with E-state index in [4.69, 9.17) is 10.00 Å². The van der Waals surface area contributed by atoms with Crippen molar-refractivity contribution in [2.45, 2.75) is 58.7 Å². The number of nitriles is 1. The number of ether oxygens (including phenoxy) is 1. The molecule has 1 aromatic carbocycles. The number of nitrogens with zero attached hydrogens (tertiary/aromatic N) is 2. The van der Waals surface area contributed by atoms with Crippen molar-refractivity contribution in [1.29, 1.82) is 5.26 Å². The van der Waals surface area contributed by atoms with Crippen LogP contribution in [-0.2, 0) is 10.3 Å². The Balaban J connectivity index is 0.00000139. The number of benzene rings is 1. The van der Waals surface area contributed by atoms with Gasteiger partial charge in [0, 0.05) is 13.1 Å². The van der Waals surface area contributed by atoms with Crippen molar-refractivity contribution >= 4 is 6.09 Å². The van der Waals surface area contributed by atoms with E-state index in [1.54, 1.807) is 29.2 Å². The minimum Gasteiger partial charge on any atom is -0.444 e. The molecular formula is C19H28N2O3. The van der Waals surface area contributed by atoms with Gasteiger partial charge < -0.3 is 14.7 Å².